The average molecular weight is 594 g/mol. The molecule has 1 heterocycles. The minimum absolute atomic E-state index is 0.0267. The number of hydrogen-bond donors (Lipinski definition) is 0. The molecule has 6 nitrogen and oxygen atoms in total. The quantitative estimate of drug-likeness (QED) is 0.132. The van der Waals surface area contributed by atoms with Gasteiger partial charge in [0.2, 0.25) is 10.0 Å². The highest BCUT2D eigenvalue weighted by Gasteiger charge is 2.55. The molecular formula is C30H41F2NO5SSi. The van der Waals surface area contributed by atoms with Gasteiger partial charge in [-0.2, -0.15) is 4.31 Å². The largest absolute Gasteiger partial charge is 0.356 e. The minimum atomic E-state index is -3.81. The molecule has 4 rings (SSSR count). The summed E-state index contributed by atoms with van der Waals surface area (Å²) in [6.07, 6.45) is 2.14. The summed E-state index contributed by atoms with van der Waals surface area (Å²) < 4.78 is 70.8. The van der Waals surface area contributed by atoms with Crippen molar-refractivity contribution < 1.29 is 31.5 Å². The lowest BCUT2D eigenvalue weighted by atomic mass is 9.57. The van der Waals surface area contributed by atoms with Gasteiger partial charge in [-0.3, -0.25) is 0 Å². The lowest BCUT2D eigenvalue weighted by Gasteiger charge is -2.51. The third-order valence-electron chi connectivity index (χ3n) is 8.29. The minimum Gasteiger partial charge on any atom is -0.356 e. The Morgan fingerprint density at radius 3 is 2.38 bits per heavy atom. The number of rotatable bonds is 11. The molecule has 0 spiro atoms. The smallest absolute Gasteiger partial charge is 0.221 e. The van der Waals surface area contributed by atoms with Crippen LogP contribution in [0.3, 0.4) is 0 Å². The lowest BCUT2D eigenvalue weighted by molar-refractivity contribution is -0.188. The van der Waals surface area contributed by atoms with Gasteiger partial charge in [0.15, 0.2) is 0 Å². The summed E-state index contributed by atoms with van der Waals surface area (Å²) in [6.45, 7) is 10.8. The Balaban J connectivity index is 1.47. The summed E-state index contributed by atoms with van der Waals surface area (Å²) in [6, 6.07) is 11.7. The first-order chi connectivity index (χ1) is 18.7. The van der Waals surface area contributed by atoms with Gasteiger partial charge in [-0.15, -0.1) is 0 Å². The molecule has 0 aromatic heterocycles. The van der Waals surface area contributed by atoms with E-state index in [0.717, 1.165) is 18.2 Å². The molecule has 0 amide bonds. The van der Waals surface area contributed by atoms with Crippen molar-refractivity contribution in [3.05, 3.63) is 70.8 Å². The molecule has 220 valence electrons. The first-order valence-corrected chi connectivity index (χ1v) is 19.1. The Morgan fingerprint density at radius 1 is 1.07 bits per heavy atom. The van der Waals surface area contributed by atoms with Gasteiger partial charge in [0.05, 0.1) is 11.0 Å². The van der Waals surface area contributed by atoms with Gasteiger partial charge >= 0.3 is 0 Å². The zero-order valence-electron chi connectivity index (χ0n) is 24.1. The van der Waals surface area contributed by atoms with Gasteiger partial charge < -0.3 is 14.3 Å². The Morgan fingerprint density at radius 2 is 1.75 bits per heavy atom. The molecule has 0 bridgehead atoms. The summed E-state index contributed by atoms with van der Waals surface area (Å²) in [7, 11) is -5.03. The van der Waals surface area contributed by atoms with Crippen molar-refractivity contribution in [3.63, 3.8) is 0 Å². The fourth-order valence-electron chi connectivity index (χ4n) is 5.95. The fraction of sp³-hybridized carbons (Fsp3) is 0.567. The average Bonchev–Trinajstić information content (AvgIpc) is 2.86. The van der Waals surface area contributed by atoms with E-state index in [4.69, 9.17) is 9.47 Å². The summed E-state index contributed by atoms with van der Waals surface area (Å²) >= 11 is 0. The highest BCUT2D eigenvalue weighted by molar-refractivity contribution is 7.89. The molecule has 2 aliphatic rings. The predicted octanol–water partition coefficient (Wildman–Crippen LogP) is 6.34. The van der Waals surface area contributed by atoms with Crippen LogP contribution in [0.15, 0.2) is 42.5 Å². The predicted molar refractivity (Wildman–Crippen MR) is 154 cm³/mol. The van der Waals surface area contributed by atoms with E-state index in [1.165, 1.54) is 4.31 Å². The number of ether oxygens (including phenoxy) is 2. The molecule has 1 saturated heterocycles. The van der Waals surface area contributed by atoms with Crippen molar-refractivity contribution in [1.29, 1.82) is 0 Å². The molecule has 10 heteroatoms. The lowest BCUT2D eigenvalue weighted by Crippen LogP contribution is -2.56. The summed E-state index contributed by atoms with van der Waals surface area (Å²) in [5.41, 5.74) is -1.29. The molecule has 2 atom stereocenters. The maximum absolute atomic E-state index is 15.5. The molecule has 40 heavy (non-hydrogen) atoms. The van der Waals surface area contributed by atoms with Crippen LogP contribution in [0.2, 0.25) is 25.7 Å². The molecular weight excluding hydrogens is 552 g/mol. The van der Waals surface area contributed by atoms with Crippen molar-refractivity contribution in [2.45, 2.75) is 94.1 Å². The van der Waals surface area contributed by atoms with Crippen molar-refractivity contribution in [2.75, 3.05) is 13.4 Å². The molecule has 0 radical (unpaired) electrons. The molecule has 2 aromatic carbocycles. The second-order valence-corrected chi connectivity index (χ2v) is 20.6. The summed E-state index contributed by atoms with van der Waals surface area (Å²) in [5, 5.41) is -0.734. The van der Waals surface area contributed by atoms with Crippen LogP contribution in [0.4, 0.5) is 8.78 Å². The summed E-state index contributed by atoms with van der Waals surface area (Å²) in [4.78, 5) is 12.2. The second-order valence-electron chi connectivity index (χ2n) is 12.9. The van der Waals surface area contributed by atoms with Crippen molar-refractivity contribution in [1.82, 2.24) is 4.31 Å². The third-order valence-corrected chi connectivity index (χ3v) is 12.4. The molecule has 1 aliphatic heterocycles. The number of benzene rings is 2. The van der Waals surface area contributed by atoms with Crippen molar-refractivity contribution in [3.8, 4) is 0 Å². The SMILES string of the molecule is C[C@H]1CC[C@H](c2ccccc2)S(=O)(=O)N1Cc1cc(F)c(C2(C=O)CC(C)(OCOCC[Si](C)(C)C)C2)cc1F. The van der Waals surface area contributed by atoms with Crippen molar-refractivity contribution in [2.24, 2.45) is 0 Å². The number of nitrogens with zero attached hydrogens (tertiary/aromatic N) is 1. The van der Waals surface area contributed by atoms with Crippen LogP contribution in [0.25, 0.3) is 0 Å². The molecule has 2 fully saturated rings. The zero-order chi connectivity index (χ0) is 29.3. The van der Waals surface area contributed by atoms with Gasteiger partial charge in [-0.1, -0.05) is 50.0 Å². The van der Waals surface area contributed by atoms with Crippen LogP contribution in [-0.2, 0) is 36.3 Å². The van der Waals surface area contributed by atoms with E-state index in [2.05, 4.69) is 19.6 Å². The summed E-state index contributed by atoms with van der Waals surface area (Å²) in [5.74, 6) is -1.45. The normalized spacial score (nSPS) is 28.7. The number of sulfonamides is 1. The number of hydrogen-bond acceptors (Lipinski definition) is 5. The molecule has 2 aromatic rings. The standard InChI is InChI=1S/C30H41F2NO5SSi/c1-22-11-12-28(23-9-7-6-8-10-23)39(35,36)33(22)17-24-15-27(32)25(16-26(24)31)30(20-34)18-29(2,19-30)38-21-37-13-14-40(3,4)5/h6-10,15-16,20,22,28H,11-14,17-19,21H2,1-5H3/t22-,28+,29?,30?/m0/s1. The van der Waals surface area contributed by atoms with Crippen LogP contribution in [0.5, 0.6) is 0 Å². The van der Waals surface area contributed by atoms with Crippen LogP contribution < -0.4 is 0 Å². The van der Waals surface area contributed by atoms with Crippen LogP contribution in [-0.4, -0.2) is 52.1 Å². The first kappa shape index (κ1) is 31.0. The van der Waals surface area contributed by atoms with E-state index < -0.39 is 46.0 Å². The van der Waals surface area contributed by atoms with Crippen LogP contribution in [0, 0.1) is 11.6 Å². The van der Waals surface area contributed by atoms with E-state index in [0.29, 0.717) is 31.3 Å². The van der Waals surface area contributed by atoms with E-state index in [1.54, 1.807) is 31.2 Å². The Labute approximate surface area is 238 Å². The third kappa shape index (κ3) is 6.57. The zero-order valence-corrected chi connectivity index (χ0v) is 25.9. The first-order valence-electron chi connectivity index (χ1n) is 13.9. The number of carbonyl (C=O) groups is 1. The maximum Gasteiger partial charge on any atom is 0.221 e. The van der Waals surface area contributed by atoms with Crippen LogP contribution in [0.1, 0.15) is 61.5 Å². The molecule has 0 unspecified atom stereocenters. The maximum atomic E-state index is 15.5. The van der Waals surface area contributed by atoms with Crippen LogP contribution >= 0.6 is 0 Å². The van der Waals surface area contributed by atoms with E-state index in [-0.39, 0.29) is 43.3 Å². The highest BCUT2D eigenvalue weighted by Crippen LogP contribution is 2.52. The number of carbonyl (C=O) groups excluding carboxylic acids is 1. The Kier molecular flexibility index (Phi) is 9.07. The van der Waals surface area contributed by atoms with Gasteiger partial charge in [0.25, 0.3) is 0 Å². The monoisotopic (exact) mass is 593 g/mol. The van der Waals surface area contributed by atoms with E-state index in [9.17, 15) is 13.2 Å². The van der Waals surface area contributed by atoms with E-state index >= 15 is 8.78 Å². The fourth-order valence-corrected chi connectivity index (χ4v) is 8.90. The van der Waals surface area contributed by atoms with Gasteiger partial charge in [-0.25, -0.2) is 17.2 Å². The number of halogens is 2. The second kappa shape index (κ2) is 11.7. The Hall–Kier alpha value is -1.98. The Bertz CT molecular complexity index is 1310. The van der Waals surface area contributed by atoms with Crippen molar-refractivity contribution >= 4 is 24.4 Å². The molecule has 1 aliphatic carbocycles. The van der Waals surface area contributed by atoms with Gasteiger partial charge in [-0.05, 0) is 63.3 Å². The molecule has 0 N–H and O–H groups in total. The topological polar surface area (TPSA) is 72.9 Å². The highest BCUT2D eigenvalue weighted by atomic mass is 32.2. The molecule has 1 saturated carbocycles. The number of aldehydes is 1. The van der Waals surface area contributed by atoms with Gasteiger partial charge in [0.1, 0.15) is 30.0 Å². The van der Waals surface area contributed by atoms with Gasteiger partial charge in [0, 0.05) is 38.4 Å². The van der Waals surface area contributed by atoms with E-state index in [1.807, 2.05) is 13.0 Å².